The van der Waals surface area contributed by atoms with Gasteiger partial charge in [-0.3, -0.25) is 0 Å². The minimum atomic E-state index is -1.81. The molecule has 380 valence electrons. The molecular weight excluding hydrogens is 865 g/mol. The molecule has 0 aromatic rings. The second-order valence-corrected chi connectivity index (χ2v) is 23.9. The van der Waals surface area contributed by atoms with Gasteiger partial charge < -0.3 is 89.7 Å². The van der Waals surface area contributed by atoms with Crippen LogP contribution in [0.1, 0.15) is 107 Å². The van der Waals surface area contributed by atoms with E-state index in [1.165, 1.54) is 5.57 Å². The Hall–Kier alpha value is -0.980. The van der Waals surface area contributed by atoms with Gasteiger partial charge in [0.15, 0.2) is 18.9 Å². The molecule has 18 heteroatoms. The first-order chi connectivity index (χ1) is 30.7. The molecule has 8 aliphatic rings. The van der Waals surface area contributed by atoms with Crippen LogP contribution in [-0.2, 0) is 28.4 Å². The van der Waals surface area contributed by atoms with Crippen molar-refractivity contribution in [1.29, 1.82) is 0 Å². The van der Waals surface area contributed by atoms with Crippen molar-refractivity contribution >= 4 is 0 Å². The van der Waals surface area contributed by atoms with Crippen molar-refractivity contribution in [3.63, 3.8) is 0 Å². The largest absolute Gasteiger partial charge is 0.394 e. The van der Waals surface area contributed by atoms with E-state index in [2.05, 4.69) is 61.5 Å². The van der Waals surface area contributed by atoms with Gasteiger partial charge in [0.05, 0.1) is 38.1 Å². The fraction of sp³-hybridized carbons (Fsp3) is 0.958. The predicted molar refractivity (Wildman–Crippen MR) is 231 cm³/mol. The minimum absolute atomic E-state index is 0.0174. The maximum atomic E-state index is 12.7. The monoisotopic (exact) mass is 945 g/mol. The highest BCUT2D eigenvalue weighted by molar-refractivity contribution is 5.35. The molecular formula is C48H80O18. The molecule has 66 heavy (non-hydrogen) atoms. The lowest BCUT2D eigenvalue weighted by molar-refractivity contribution is -0.379. The molecule has 18 nitrogen and oxygen atoms in total. The summed E-state index contributed by atoms with van der Waals surface area (Å²) >= 11 is 0. The van der Waals surface area contributed by atoms with Crippen LogP contribution in [-0.4, -0.2) is 192 Å². The normalized spacial score (nSPS) is 55.7. The van der Waals surface area contributed by atoms with Gasteiger partial charge in [-0.05, 0) is 96.2 Å². The molecule has 0 amide bonds. The van der Waals surface area contributed by atoms with Crippen molar-refractivity contribution in [2.24, 2.45) is 50.2 Å². The highest BCUT2D eigenvalue weighted by atomic mass is 16.8. The molecule has 0 aromatic carbocycles. The van der Waals surface area contributed by atoms with Crippen LogP contribution in [0.2, 0.25) is 0 Å². The molecule has 3 saturated heterocycles. The lowest BCUT2D eigenvalue weighted by Crippen LogP contribution is -2.70. The first kappa shape index (κ1) is 51.4. The van der Waals surface area contributed by atoms with Gasteiger partial charge in [0.1, 0.15) is 73.2 Å². The van der Waals surface area contributed by atoms with Gasteiger partial charge in [-0.15, -0.1) is 0 Å². The van der Waals surface area contributed by atoms with Crippen LogP contribution in [0.4, 0.5) is 0 Å². The van der Waals surface area contributed by atoms with Gasteiger partial charge in [-0.25, -0.2) is 0 Å². The Kier molecular flexibility index (Phi) is 14.0. The van der Waals surface area contributed by atoms with E-state index in [9.17, 15) is 61.3 Å². The van der Waals surface area contributed by atoms with E-state index < -0.39 is 157 Å². The summed E-state index contributed by atoms with van der Waals surface area (Å²) in [5.74, 6) is -0.161. The second kappa shape index (κ2) is 17.9. The number of hydrogen-bond acceptors (Lipinski definition) is 18. The Morgan fingerprint density at radius 1 is 0.545 bits per heavy atom. The second-order valence-electron chi connectivity index (χ2n) is 23.9. The van der Waals surface area contributed by atoms with E-state index in [0.717, 1.165) is 25.7 Å². The van der Waals surface area contributed by atoms with Crippen LogP contribution in [0.3, 0.4) is 0 Å². The zero-order chi connectivity index (χ0) is 48.4. The zero-order valence-corrected chi connectivity index (χ0v) is 39.8. The number of aliphatic hydroxyl groups excluding tert-OH is 12. The third-order valence-corrected chi connectivity index (χ3v) is 19.3. The first-order valence-electron chi connectivity index (χ1n) is 24.3. The molecule has 7 fully saturated rings. The van der Waals surface area contributed by atoms with E-state index in [1.54, 1.807) is 0 Å². The highest BCUT2D eigenvalue weighted by Crippen LogP contribution is 2.76. The number of fused-ring (bicyclic) bond motifs is 7. The molecule has 0 radical (unpaired) electrons. The number of hydrogen-bond donors (Lipinski definition) is 12. The number of aliphatic hydroxyl groups is 12. The third kappa shape index (κ3) is 7.91. The van der Waals surface area contributed by atoms with E-state index in [-0.39, 0.29) is 23.2 Å². The van der Waals surface area contributed by atoms with E-state index in [1.807, 2.05) is 0 Å². The van der Waals surface area contributed by atoms with Crippen LogP contribution in [0.5, 0.6) is 0 Å². The Morgan fingerprint density at radius 3 is 1.62 bits per heavy atom. The number of rotatable bonds is 9. The predicted octanol–water partition coefficient (Wildman–Crippen LogP) is -0.417. The maximum absolute atomic E-state index is 12.7. The lowest BCUT2D eigenvalue weighted by Gasteiger charge is -2.73. The van der Waals surface area contributed by atoms with Gasteiger partial charge in [0, 0.05) is 5.41 Å². The summed E-state index contributed by atoms with van der Waals surface area (Å²) in [6.07, 6.45) is -16.8. The molecule has 3 heterocycles. The average molecular weight is 945 g/mol. The van der Waals surface area contributed by atoms with Gasteiger partial charge in [-0.1, -0.05) is 67.0 Å². The van der Waals surface area contributed by atoms with Crippen LogP contribution in [0.25, 0.3) is 0 Å². The average Bonchev–Trinajstić information content (AvgIpc) is 3.25. The molecule has 0 bridgehead atoms. The first-order valence-corrected chi connectivity index (χ1v) is 24.3. The Bertz CT molecular complexity index is 1760. The summed E-state index contributed by atoms with van der Waals surface area (Å²) in [6.45, 7) is 15.9. The van der Waals surface area contributed by atoms with Crippen molar-refractivity contribution in [3.8, 4) is 0 Å². The van der Waals surface area contributed by atoms with E-state index in [4.69, 9.17) is 28.4 Å². The molecule has 12 N–H and O–H groups in total. The molecule has 0 spiro atoms. The minimum Gasteiger partial charge on any atom is -0.394 e. The summed E-state index contributed by atoms with van der Waals surface area (Å²) in [5, 5.41) is 130. The van der Waals surface area contributed by atoms with E-state index in [0.29, 0.717) is 25.7 Å². The van der Waals surface area contributed by atoms with Gasteiger partial charge in [-0.2, -0.15) is 0 Å². The summed E-state index contributed by atoms with van der Waals surface area (Å²) < 4.78 is 37.5. The zero-order valence-electron chi connectivity index (χ0n) is 39.8. The summed E-state index contributed by atoms with van der Waals surface area (Å²) in [7, 11) is 0. The van der Waals surface area contributed by atoms with Crippen LogP contribution >= 0.6 is 0 Å². The van der Waals surface area contributed by atoms with Crippen LogP contribution < -0.4 is 0 Å². The molecule has 0 unspecified atom stereocenters. The van der Waals surface area contributed by atoms with Crippen molar-refractivity contribution in [2.75, 3.05) is 19.8 Å². The summed E-state index contributed by atoms with van der Waals surface area (Å²) in [6, 6.07) is 0. The number of allylic oxidation sites excluding steroid dienone is 2. The smallest absolute Gasteiger partial charge is 0.187 e. The fourth-order valence-corrected chi connectivity index (χ4v) is 15.3. The molecule has 4 saturated carbocycles. The van der Waals surface area contributed by atoms with Gasteiger partial charge in [0.25, 0.3) is 0 Å². The van der Waals surface area contributed by atoms with Crippen molar-refractivity contribution < 1.29 is 89.7 Å². The van der Waals surface area contributed by atoms with Gasteiger partial charge >= 0.3 is 0 Å². The molecule has 3 aliphatic heterocycles. The standard InChI is InChI=1S/C48H80O18/c1-43(2)13-14-45(5)22(15-43)21-9-10-27-46(6)12-11-28(64-40-36(59)33(56)30(53)24(18-49)61-40)44(3,4)39(46)23(52)16-48(27,8)47(21,7)17-29(45)65-42-38(35(58)32(55)26(20-51)63-42)66-41-37(60)34(57)31(54)25(19-50)62-41/h9,22-42,49-60H,10-20H2,1-8H3/t22-,23+,24+,25+,26+,27+,28-,29-,30+,31-,32+,33-,34-,35-,36+,37+,38+,39-,40-,41-,42-,45-,46+,47+,48+/m0/s1. The topological polar surface area (TPSA) is 298 Å². The van der Waals surface area contributed by atoms with Crippen LogP contribution in [0.15, 0.2) is 11.6 Å². The summed E-state index contributed by atoms with van der Waals surface area (Å²) in [4.78, 5) is 0. The van der Waals surface area contributed by atoms with Crippen molar-refractivity contribution in [2.45, 2.75) is 217 Å². The SMILES string of the molecule is CC1(C)CC[C@]2(C)[C@@H](O[C@@H]3O[C@H](CO)[C@@H](O)[C@H](O)[C@H]3O[C@@H]3O[C@H](CO)[C@H](O)[C@H](O)[C@H]3O)C[C@]3(C)C(=CC[C@@H]4[C@@]5(C)CC[C@H](O[C@@H]6O[C@H](CO)[C@@H](O)[C@H](O)[C@H]6O)C(C)(C)[C@@H]5[C@H](O)C[C@]43C)[C@@H]2C1. The van der Waals surface area contributed by atoms with Crippen molar-refractivity contribution in [1.82, 2.24) is 0 Å². The molecule has 8 rings (SSSR count). The van der Waals surface area contributed by atoms with E-state index >= 15 is 0 Å². The maximum Gasteiger partial charge on any atom is 0.187 e. The Balaban J connectivity index is 1.12. The summed E-state index contributed by atoms with van der Waals surface area (Å²) in [5.41, 5.74) is -1.27. The quantitative estimate of drug-likeness (QED) is 0.103. The number of ether oxygens (including phenoxy) is 6. The molecule has 0 aromatic heterocycles. The van der Waals surface area contributed by atoms with Crippen LogP contribution in [0, 0.1) is 50.2 Å². The van der Waals surface area contributed by atoms with Gasteiger partial charge in [0.2, 0.25) is 0 Å². The van der Waals surface area contributed by atoms with Crippen molar-refractivity contribution in [3.05, 3.63) is 11.6 Å². The fourth-order valence-electron chi connectivity index (χ4n) is 15.3. The molecule has 5 aliphatic carbocycles. The third-order valence-electron chi connectivity index (χ3n) is 19.3. The Labute approximate surface area is 387 Å². The Morgan fingerprint density at radius 2 is 1.06 bits per heavy atom. The highest BCUT2D eigenvalue weighted by Gasteiger charge is 2.72. The molecule has 25 atom stereocenters. The lowest BCUT2D eigenvalue weighted by atomic mass is 9.33.